The van der Waals surface area contributed by atoms with E-state index < -0.39 is 18.2 Å². The minimum Gasteiger partial charge on any atom is -0.359 e. The molecule has 62 valence electrons. The molecule has 0 rings (SSSR count). The molecule has 1 nitrogen and oxygen atoms in total. The summed E-state index contributed by atoms with van der Waals surface area (Å²) < 4.78 is 57.9. The summed E-state index contributed by atoms with van der Waals surface area (Å²) in [4.78, 5) is 0. The first kappa shape index (κ1) is 9.61. The van der Waals surface area contributed by atoms with Crippen molar-refractivity contribution in [2.45, 2.75) is 25.1 Å². The number of halogens is 5. The van der Waals surface area contributed by atoms with Crippen molar-refractivity contribution in [1.82, 2.24) is 0 Å². The van der Waals surface area contributed by atoms with E-state index in [1.165, 1.54) is 0 Å². The molecule has 0 aliphatic rings. The van der Waals surface area contributed by atoms with E-state index in [2.05, 4.69) is 0 Å². The second-order valence-electron chi connectivity index (χ2n) is 1.85. The van der Waals surface area contributed by atoms with Gasteiger partial charge in [-0.25, -0.2) is 13.2 Å². The highest BCUT2D eigenvalue weighted by molar-refractivity contribution is 4.82. The second kappa shape index (κ2) is 2.34. The fourth-order valence-electron chi connectivity index (χ4n) is 0.209. The Morgan fingerprint density at radius 2 is 1.50 bits per heavy atom. The molecule has 0 aromatic carbocycles. The van der Waals surface area contributed by atoms with Crippen LogP contribution in [0.1, 0.15) is 6.92 Å². The first-order valence-electron chi connectivity index (χ1n) is 2.27. The van der Waals surface area contributed by atoms with Gasteiger partial charge in [-0.05, 0) is 0 Å². The molecule has 0 radical (unpaired) electrons. The average Bonchev–Trinajstić information content (AvgIpc) is 1.62. The highest BCUT2D eigenvalue weighted by atomic mass is 19.3. The number of aliphatic hydroxyl groups excluding tert-OH is 1. The first-order chi connectivity index (χ1) is 4.19. The molecule has 1 unspecified atom stereocenters. The molecule has 1 N–H and O–H groups in total. The van der Waals surface area contributed by atoms with Crippen molar-refractivity contribution in [1.29, 1.82) is 0 Å². The number of hydrogen-bond donors (Lipinski definition) is 1. The van der Waals surface area contributed by atoms with E-state index in [0.29, 0.717) is 0 Å². The van der Waals surface area contributed by atoms with E-state index in [0.717, 1.165) is 0 Å². The average molecular weight is 164 g/mol. The number of aliphatic hydroxyl groups is 1. The van der Waals surface area contributed by atoms with Crippen LogP contribution in [0.25, 0.3) is 0 Å². The summed E-state index contributed by atoms with van der Waals surface area (Å²) in [5.74, 6) is -9.55. The molecule has 0 heterocycles. The van der Waals surface area contributed by atoms with Gasteiger partial charge in [-0.15, -0.1) is 0 Å². The summed E-state index contributed by atoms with van der Waals surface area (Å²) in [7, 11) is 0. The Morgan fingerprint density at radius 3 is 1.50 bits per heavy atom. The summed E-state index contributed by atoms with van der Waals surface area (Å²) in [5, 5.41) is 7.52. The standard InChI is InChI=1S/C4H5F5O/c1-3(6,7)4(8,9)2(5)10/h2,10H,1H3. The molecule has 0 saturated carbocycles. The van der Waals surface area contributed by atoms with Crippen molar-refractivity contribution in [3.63, 3.8) is 0 Å². The van der Waals surface area contributed by atoms with Crippen LogP contribution in [0.15, 0.2) is 0 Å². The maximum absolute atomic E-state index is 11.7. The van der Waals surface area contributed by atoms with Gasteiger partial charge in [0.1, 0.15) is 0 Å². The minimum absolute atomic E-state index is 0.171. The summed E-state index contributed by atoms with van der Waals surface area (Å²) in [5.41, 5.74) is 0. The Balaban J connectivity index is 4.40. The predicted molar refractivity (Wildman–Crippen MR) is 22.7 cm³/mol. The summed E-state index contributed by atoms with van der Waals surface area (Å²) >= 11 is 0. The Hall–Kier alpha value is -0.390. The fourth-order valence-corrected chi connectivity index (χ4v) is 0.209. The van der Waals surface area contributed by atoms with Gasteiger partial charge in [-0.1, -0.05) is 0 Å². The van der Waals surface area contributed by atoms with Crippen LogP contribution >= 0.6 is 0 Å². The number of rotatable bonds is 2. The van der Waals surface area contributed by atoms with Gasteiger partial charge in [-0.2, -0.15) is 8.78 Å². The molecular formula is C4H5F5O. The lowest BCUT2D eigenvalue weighted by atomic mass is 10.2. The van der Waals surface area contributed by atoms with Crippen LogP contribution in [-0.4, -0.2) is 23.3 Å². The van der Waals surface area contributed by atoms with Crippen molar-refractivity contribution in [3.05, 3.63) is 0 Å². The predicted octanol–water partition coefficient (Wildman–Crippen LogP) is 1.56. The quantitative estimate of drug-likeness (QED) is 0.614. The fraction of sp³-hybridized carbons (Fsp3) is 1.00. The molecule has 0 saturated heterocycles. The van der Waals surface area contributed by atoms with Crippen LogP contribution in [0.4, 0.5) is 22.0 Å². The zero-order chi connectivity index (χ0) is 8.58. The Kier molecular flexibility index (Phi) is 2.24. The van der Waals surface area contributed by atoms with Crippen molar-refractivity contribution >= 4 is 0 Å². The smallest absolute Gasteiger partial charge is 0.359 e. The SMILES string of the molecule is CC(F)(F)C(F)(F)C(O)F. The molecule has 1 atom stereocenters. The Labute approximate surface area is 53.5 Å². The monoisotopic (exact) mass is 164 g/mol. The Morgan fingerprint density at radius 1 is 1.20 bits per heavy atom. The van der Waals surface area contributed by atoms with E-state index in [9.17, 15) is 22.0 Å². The molecule has 0 amide bonds. The summed E-state index contributed by atoms with van der Waals surface area (Å²) in [6, 6.07) is 0. The normalized spacial score (nSPS) is 17.1. The highest BCUT2D eigenvalue weighted by Crippen LogP contribution is 2.36. The largest absolute Gasteiger partial charge is 0.363 e. The van der Waals surface area contributed by atoms with Crippen molar-refractivity contribution in [2.75, 3.05) is 0 Å². The van der Waals surface area contributed by atoms with Crippen molar-refractivity contribution < 1.29 is 27.1 Å². The Bertz CT molecular complexity index is 115. The van der Waals surface area contributed by atoms with Gasteiger partial charge in [0.2, 0.25) is 0 Å². The van der Waals surface area contributed by atoms with E-state index in [1.807, 2.05) is 0 Å². The zero-order valence-corrected chi connectivity index (χ0v) is 4.91. The van der Waals surface area contributed by atoms with E-state index in [1.54, 1.807) is 0 Å². The summed E-state index contributed by atoms with van der Waals surface area (Å²) in [6.07, 6.45) is -3.83. The molecule has 6 heteroatoms. The van der Waals surface area contributed by atoms with Crippen molar-refractivity contribution in [2.24, 2.45) is 0 Å². The molecule has 0 aromatic rings. The molecule has 0 spiro atoms. The molecular weight excluding hydrogens is 159 g/mol. The van der Waals surface area contributed by atoms with Gasteiger partial charge in [0.25, 0.3) is 6.36 Å². The first-order valence-corrected chi connectivity index (χ1v) is 2.27. The van der Waals surface area contributed by atoms with Gasteiger partial charge in [0.15, 0.2) is 0 Å². The maximum atomic E-state index is 11.7. The van der Waals surface area contributed by atoms with E-state index in [-0.39, 0.29) is 6.92 Å². The third-order valence-electron chi connectivity index (χ3n) is 0.884. The number of hydrogen-bond acceptors (Lipinski definition) is 1. The number of alkyl halides is 5. The van der Waals surface area contributed by atoms with Crippen LogP contribution in [0.2, 0.25) is 0 Å². The van der Waals surface area contributed by atoms with Crippen molar-refractivity contribution in [3.8, 4) is 0 Å². The zero-order valence-electron chi connectivity index (χ0n) is 4.91. The molecule has 0 aromatic heterocycles. The molecule has 0 bridgehead atoms. The lowest BCUT2D eigenvalue weighted by Crippen LogP contribution is -2.45. The van der Waals surface area contributed by atoms with Gasteiger partial charge < -0.3 is 5.11 Å². The molecule has 0 aliphatic heterocycles. The molecule has 0 aliphatic carbocycles. The third kappa shape index (κ3) is 1.56. The topological polar surface area (TPSA) is 20.2 Å². The minimum atomic E-state index is -5.01. The lowest BCUT2D eigenvalue weighted by molar-refractivity contribution is -0.274. The van der Waals surface area contributed by atoms with Crippen LogP contribution in [-0.2, 0) is 0 Å². The van der Waals surface area contributed by atoms with Crippen LogP contribution in [0.3, 0.4) is 0 Å². The van der Waals surface area contributed by atoms with Crippen LogP contribution < -0.4 is 0 Å². The van der Waals surface area contributed by atoms with Gasteiger partial charge in [0.05, 0.1) is 0 Å². The van der Waals surface area contributed by atoms with Crippen LogP contribution in [0.5, 0.6) is 0 Å². The van der Waals surface area contributed by atoms with E-state index >= 15 is 0 Å². The molecule has 10 heavy (non-hydrogen) atoms. The summed E-state index contributed by atoms with van der Waals surface area (Å²) in [6.45, 7) is -0.171. The van der Waals surface area contributed by atoms with Crippen LogP contribution in [0, 0.1) is 0 Å². The van der Waals surface area contributed by atoms with Gasteiger partial charge in [0, 0.05) is 6.92 Å². The van der Waals surface area contributed by atoms with E-state index in [4.69, 9.17) is 5.11 Å². The van der Waals surface area contributed by atoms with Gasteiger partial charge in [-0.3, -0.25) is 0 Å². The maximum Gasteiger partial charge on any atom is 0.363 e. The second-order valence-corrected chi connectivity index (χ2v) is 1.85. The van der Waals surface area contributed by atoms with Gasteiger partial charge >= 0.3 is 11.8 Å². The molecule has 0 fully saturated rings. The lowest BCUT2D eigenvalue weighted by Gasteiger charge is -2.22. The third-order valence-corrected chi connectivity index (χ3v) is 0.884. The highest BCUT2D eigenvalue weighted by Gasteiger charge is 2.58.